The van der Waals surface area contributed by atoms with Crippen LogP contribution in [-0.4, -0.2) is 37.5 Å². The second-order valence-corrected chi connectivity index (χ2v) is 5.13. The van der Waals surface area contributed by atoms with E-state index in [2.05, 4.69) is 20.2 Å². The van der Waals surface area contributed by atoms with Gasteiger partial charge in [-0.3, -0.25) is 14.9 Å². The molecule has 1 aliphatic heterocycles. The number of carbonyl (C=O) groups is 1. The number of pyridine rings is 1. The molecule has 1 atom stereocenters. The van der Waals surface area contributed by atoms with Crippen molar-refractivity contribution in [2.45, 2.75) is 32.2 Å². The van der Waals surface area contributed by atoms with Gasteiger partial charge in [0.05, 0.1) is 11.6 Å². The van der Waals surface area contributed by atoms with Gasteiger partial charge in [-0.1, -0.05) is 0 Å². The number of aryl methyl sites for hydroxylation is 1. The van der Waals surface area contributed by atoms with Gasteiger partial charge in [0.1, 0.15) is 12.2 Å². The number of piperidine rings is 1. The van der Waals surface area contributed by atoms with E-state index in [4.69, 9.17) is 0 Å². The summed E-state index contributed by atoms with van der Waals surface area (Å²) < 4.78 is 0. The maximum Gasteiger partial charge on any atom is 0.256 e. The Kier molecular flexibility index (Phi) is 3.45. The first-order valence-corrected chi connectivity index (χ1v) is 6.83. The Balaban J connectivity index is 1.88. The number of H-pyrrole nitrogens is 1. The zero-order valence-corrected chi connectivity index (χ0v) is 11.4. The van der Waals surface area contributed by atoms with Crippen molar-refractivity contribution < 1.29 is 4.79 Å². The lowest BCUT2D eigenvalue weighted by molar-refractivity contribution is 0.0600. The molecule has 0 unspecified atom stereocenters. The maximum absolute atomic E-state index is 12.7. The summed E-state index contributed by atoms with van der Waals surface area (Å²) in [5.41, 5.74) is 1.63. The molecule has 3 heterocycles. The fourth-order valence-electron chi connectivity index (χ4n) is 2.67. The van der Waals surface area contributed by atoms with Gasteiger partial charge >= 0.3 is 0 Å². The van der Waals surface area contributed by atoms with Crippen molar-refractivity contribution >= 4 is 5.91 Å². The molecule has 0 radical (unpaired) electrons. The standard InChI is InChI=1S/C14H17N5O/c1-10-6-11(8-15-7-10)14(20)19-5-3-2-4-12(19)13-16-9-17-18-13/h6-9,12H,2-5H2,1H3,(H,16,17,18)/t12-/m0/s1. The minimum Gasteiger partial charge on any atom is -0.328 e. The smallest absolute Gasteiger partial charge is 0.256 e. The monoisotopic (exact) mass is 271 g/mol. The molecule has 20 heavy (non-hydrogen) atoms. The van der Waals surface area contributed by atoms with Gasteiger partial charge < -0.3 is 4.90 Å². The highest BCUT2D eigenvalue weighted by molar-refractivity contribution is 5.94. The quantitative estimate of drug-likeness (QED) is 0.904. The molecule has 3 rings (SSSR count). The Labute approximate surface area is 117 Å². The van der Waals surface area contributed by atoms with Crippen LogP contribution in [0.15, 0.2) is 24.8 Å². The molecule has 0 saturated carbocycles. The van der Waals surface area contributed by atoms with Gasteiger partial charge in [-0.2, -0.15) is 5.10 Å². The van der Waals surface area contributed by atoms with E-state index in [9.17, 15) is 4.79 Å². The highest BCUT2D eigenvalue weighted by atomic mass is 16.2. The van der Waals surface area contributed by atoms with Crippen LogP contribution in [-0.2, 0) is 0 Å². The Morgan fingerprint density at radius 2 is 2.30 bits per heavy atom. The summed E-state index contributed by atoms with van der Waals surface area (Å²) in [5, 5.41) is 6.78. The molecule has 2 aromatic rings. The molecule has 0 spiro atoms. The molecular formula is C14H17N5O. The van der Waals surface area contributed by atoms with Gasteiger partial charge in [-0.25, -0.2) is 4.98 Å². The zero-order chi connectivity index (χ0) is 13.9. The highest BCUT2D eigenvalue weighted by Gasteiger charge is 2.30. The lowest BCUT2D eigenvalue weighted by Gasteiger charge is -2.34. The van der Waals surface area contributed by atoms with Crippen LogP contribution in [0.3, 0.4) is 0 Å². The summed E-state index contributed by atoms with van der Waals surface area (Å²) in [4.78, 5) is 22.9. The molecule has 1 aliphatic rings. The summed E-state index contributed by atoms with van der Waals surface area (Å²) >= 11 is 0. The zero-order valence-electron chi connectivity index (χ0n) is 11.4. The van der Waals surface area contributed by atoms with E-state index in [-0.39, 0.29) is 11.9 Å². The van der Waals surface area contributed by atoms with Gasteiger partial charge in [0.2, 0.25) is 0 Å². The van der Waals surface area contributed by atoms with Gasteiger partial charge in [-0.15, -0.1) is 0 Å². The lowest BCUT2D eigenvalue weighted by atomic mass is 10.0. The van der Waals surface area contributed by atoms with Crippen molar-refractivity contribution in [2.24, 2.45) is 0 Å². The average Bonchev–Trinajstić information content (AvgIpc) is 3.00. The number of hydrogen-bond acceptors (Lipinski definition) is 4. The molecule has 0 aromatic carbocycles. The second kappa shape index (κ2) is 5.40. The number of likely N-dealkylation sites (tertiary alicyclic amines) is 1. The molecule has 6 nitrogen and oxygen atoms in total. The van der Waals surface area contributed by atoms with Crippen LogP contribution in [0.2, 0.25) is 0 Å². The molecule has 0 aliphatic carbocycles. The van der Waals surface area contributed by atoms with E-state index in [1.54, 1.807) is 12.4 Å². The van der Waals surface area contributed by atoms with E-state index in [0.29, 0.717) is 5.56 Å². The van der Waals surface area contributed by atoms with E-state index < -0.39 is 0 Å². The topological polar surface area (TPSA) is 74.8 Å². The number of rotatable bonds is 2. The van der Waals surface area contributed by atoms with Crippen molar-refractivity contribution in [1.29, 1.82) is 0 Å². The summed E-state index contributed by atoms with van der Waals surface area (Å²) in [6.45, 7) is 2.69. The number of carbonyl (C=O) groups excluding carboxylic acids is 1. The Hall–Kier alpha value is -2.24. The average molecular weight is 271 g/mol. The Morgan fingerprint density at radius 1 is 1.40 bits per heavy atom. The second-order valence-electron chi connectivity index (χ2n) is 5.13. The first-order chi connectivity index (χ1) is 9.75. The number of nitrogens with zero attached hydrogens (tertiary/aromatic N) is 4. The van der Waals surface area contributed by atoms with Crippen LogP contribution >= 0.6 is 0 Å². The van der Waals surface area contributed by atoms with Gasteiger partial charge in [0.15, 0.2) is 0 Å². The van der Waals surface area contributed by atoms with E-state index >= 15 is 0 Å². The molecule has 1 saturated heterocycles. The van der Waals surface area contributed by atoms with Gasteiger partial charge in [-0.05, 0) is 37.8 Å². The van der Waals surface area contributed by atoms with Crippen molar-refractivity contribution in [3.63, 3.8) is 0 Å². The first kappa shape index (κ1) is 12.8. The maximum atomic E-state index is 12.7. The van der Waals surface area contributed by atoms with Crippen LogP contribution in [0.5, 0.6) is 0 Å². The van der Waals surface area contributed by atoms with Gasteiger partial charge in [0.25, 0.3) is 5.91 Å². The van der Waals surface area contributed by atoms with Gasteiger partial charge in [0, 0.05) is 18.9 Å². The lowest BCUT2D eigenvalue weighted by Crippen LogP contribution is -2.39. The molecule has 1 amide bonds. The van der Waals surface area contributed by atoms with Crippen LogP contribution in [0.4, 0.5) is 0 Å². The summed E-state index contributed by atoms with van der Waals surface area (Å²) in [6.07, 6.45) is 7.90. The SMILES string of the molecule is Cc1cncc(C(=O)N2CCCC[C@H]2c2ncn[nH]2)c1. The Bertz CT molecular complexity index is 595. The van der Waals surface area contributed by atoms with Crippen LogP contribution in [0.1, 0.15) is 47.1 Å². The molecule has 1 fully saturated rings. The predicted octanol–water partition coefficient (Wildman–Crippen LogP) is 1.88. The van der Waals surface area contributed by atoms with Crippen LogP contribution < -0.4 is 0 Å². The van der Waals surface area contributed by atoms with Crippen molar-refractivity contribution in [3.05, 3.63) is 41.7 Å². The first-order valence-electron chi connectivity index (χ1n) is 6.83. The number of hydrogen-bond donors (Lipinski definition) is 1. The van der Waals surface area contributed by atoms with E-state index in [0.717, 1.165) is 37.2 Å². The summed E-state index contributed by atoms with van der Waals surface area (Å²) in [5.74, 6) is 0.779. The van der Waals surface area contributed by atoms with Crippen molar-refractivity contribution in [3.8, 4) is 0 Å². The predicted molar refractivity (Wildman–Crippen MR) is 73.0 cm³/mol. The molecule has 0 bridgehead atoms. The third-order valence-corrected chi connectivity index (χ3v) is 3.63. The molecule has 1 N–H and O–H groups in total. The highest BCUT2D eigenvalue weighted by Crippen LogP contribution is 2.29. The minimum absolute atomic E-state index is 0.0146. The van der Waals surface area contributed by atoms with Crippen molar-refractivity contribution in [1.82, 2.24) is 25.1 Å². The largest absolute Gasteiger partial charge is 0.328 e. The molecule has 104 valence electrons. The fraction of sp³-hybridized carbons (Fsp3) is 0.429. The third kappa shape index (κ3) is 2.41. The molecule has 2 aromatic heterocycles. The summed E-state index contributed by atoms with van der Waals surface area (Å²) in [7, 11) is 0. The minimum atomic E-state index is -0.0146. The number of amides is 1. The van der Waals surface area contributed by atoms with E-state index in [1.807, 2.05) is 17.9 Å². The number of aromatic nitrogens is 4. The fourth-order valence-corrected chi connectivity index (χ4v) is 2.67. The van der Waals surface area contributed by atoms with Crippen molar-refractivity contribution in [2.75, 3.05) is 6.54 Å². The third-order valence-electron chi connectivity index (χ3n) is 3.63. The van der Waals surface area contributed by atoms with Crippen LogP contribution in [0, 0.1) is 6.92 Å². The molecule has 6 heteroatoms. The summed E-state index contributed by atoms with van der Waals surface area (Å²) in [6, 6.07) is 1.86. The Morgan fingerprint density at radius 3 is 3.05 bits per heavy atom. The molecular weight excluding hydrogens is 254 g/mol. The van der Waals surface area contributed by atoms with Crippen LogP contribution in [0.25, 0.3) is 0 Å². The van der Waals surface area contributed by atoms with E-state index in [1.165, 1.54) is 6.33 Å². The number of aromatic amines is 1. The number of nitrogens with one attached hydrogen (secondary N) is 1. The normalized spacial score (nSPS) is 19.1.